The van der Waals surface area contributed by atoms with E-state index in [1.165, 1.54) is 11.8 Å². The van der Waals surface area contributed by atoms with Gasteiger partial charge in [0.1, 0.15) is 11.7 Å². The molecular weight excluding hydrogens is 686 g/mol. The quantitative estimate of drug-likeness (QED) is 0.258. The van der Waals surface area contributed by atoms with Gasteiger partial charge in [-0.25, -0.2) is 4.79 Å². The van der Waals surface area contributed by atoms with E-state index in [1.54, 1.807) is 12.1 Å². The topological polar surface area (TPSA) is 90.0 Å². The van der Waals surface area contributed by atoms with Crippen molar-refractivity contribution < 1.29 is 28.7 Å². The Morgan fingerprint density at radius 2 is 1.55 bits per heavy atom. The summed E-state index contributed by atoms with van der Waals surface area (Å²) in [5.74, 6) is 0.893. The number of fused-ring (bicyclic) bond motifs is 7. The molecule has 4 saturated carbocycles. The zero-order valence-corrected chi connectivity index (χ0v) is 35.0. The fourth-order valence-electron chi connectivity index (χ4n) is 13.0. The number of carbonyl (C=O) groups excluding carboxylic acids is 4. The van der Waals surface area contributed by atoms with Gasteiger partial charge in [-0.3, -0.25) is 19.3 Å². The summed E-state index contributed by atoms with van der Waals surface area (Å²) >= 11 is 6.18. The van der Waals surface area contributed by atoms with Crippen molar-refractivity contribution >= 4 is 35.2 Å². The summed E-state index contributed by atoms with van der Waals surface area (Å²) in [6, 6.07) is 7.31. The van der Waals surface area contributed by atoms with E-state index in [1.807, 2.05) is 32.9 Å². The molecule has 0 N–H and O–H groups in total. The minimum absolute atomic E-state index is 0.00156. The lowest BCUT2D eigenvalue weighted by Gasteiger charge is -2.72. The van der Waals surface area contributed by atoms with Gasteiger partial charge in [-0.1, -0.05) is 72.2 Å². The number of nitrogens with zero attached hydrogens (tertiary/aromatic N) is 1. The number of halogens is 1. The highest BCUT2D eigenvalue weighted by Crippen LogP contribution is 2.76. The normalized spacial score (nSPS) is 36.2. The summed E-state index contributed by atoms with van der Waals surface area (Å²) in [5.41, 5.74) is 1.04. The maximum absolute atomic E-state index is 15.1. The molecule has 1 aromatic rings. The SMILES string of the molecule is CC(=O)OC1CCC2(C)C(CCC3(C)C2CCC2C4=C(C(C)C)C(=O)CC4(C(=O)CN(Cc4ccc(Cl)cc4)C(=O)OC(C)(C)C)CCC23C)C1(C)C. The number of carbonyl (C=O) groups is 4. The zero-order chi connectivity index (χ0) is 39.1. The number of hydrogen-bond acceptors (Lipinski definition) is 6. The molecule has 4 fully saturated rings. The Hall–Kier alpha value is -2.67. The molecular formula is C45H64ClNO6. The number of allylic oxidation sites excluding steroid dienone is 2. The first-order valence-corrected chi connectivity index (χ1v) is 20.6. The van der Waals surface area contributed by atoms with Crippen molar-refractivity contribution in [1.29, 1.82) is 0 Å². The van der Waals surface area contributed by atoms with Gasteiger partial charge in [0.15, 0.2) is 11.6 Å². The van der Waals surface area contributed by atoms with Gasteiger partial charge in [0.2, 0.25) is 0 Å². The van der Waals surface area contributed by atoms with Gasteiger partial charge < -0.3 is 9.47 Å². The molecule has 0 radical (unpaired) electrons. The highest BCUT2D eigenvalue weighted by Gasteiger charge is 2.71. The molecule has 8 heteroatoms. The van der Waals surface area contributed by atoms with E-state index in [9.17, 15) is 14.4 Å². The van der Waals surface area contributed by atoms with E-state index in [2.05, 4.69) is 48.5 Å². The first kappa shape index (κ1) is 40.0. The van der Waals surface area contributed by atoms with Gasteiger partial charge >= 0.3 is 12.1 Å². The summed E-state index contributed by atoms with van der Waals surface area (Å²) in [6.07, 6.45) is 7.12. The lowest BCUT2D eigenvalue weighted by molar-refractivity contribution is -0.232. The minimum Gasteiger partial charge on any atom is -0.462 e. The van der Waals surface area contributed by atoms with Crippen LogP contribution in [0.5, 0.6) is 0 Å². The highest BCUT2D eigenvalue weighted by atomic mass is 35.5. The van der Waals surface area contributed by atoms with Crippen LogP contribution in [0.1, 0.15) is 140 Å². The van der Waals surface area contributed by atoms with Crippen LogP contribution in [0.3, 0.4) is 0 Å². The maximum atomic E-state index is 15.1. The van der Waals surface area contributed by atoms with Crippen LogP contribution in [-0.4, -0.2) is 46.8 Å². The molecule has 0 bridgehead atoms. The molecule has 0 aromatic heterocycles. The summed E-state index contributed by atoms with van der Waals surface area (Å²) in [4.78, 5) is 56.7. The Morgan fingerprint density at radius 1 is 0.887 bits per heavy atom. The Balaban J connectivity index is 1.36. The van der Waals surface area contributed by atoms with Gasteiger partial charge in [-0.2, -0.15) is 0 Å². The molecule has 0 aliphatic heterocycles. The minimum atomic E-state index is -0.921. The van der Waals surface area contributed by atoms with Crippen molar-refractivity contribution in [3.05, 3.63) is 46.0 Å². The van der Waals surface area contributed by atoms with Crippen molar-refractivity contribution in [2.75, 3.05) is 6.54 Å². The average Bonchev–Trinajstić information content (AvgIpc) is 3.36. The smallest absolute Gasteiger partial charge is 0.410 e. The first-order valence-electron chi connectivity index (χ1n) is 20.2. The molecule has 1 aromatic carbocycles. The van der Waals surface area contributed by atoms with Gasteiger partial charge in [-0.15, -0.1) is 0 Å². The molecule has 53 heavy (non-hydrogen) atoms. The summed E-state index contributed by atoms with van der Waals surface area (Å²) in [7, 11) is 0. The Bertz CT molecular complexity index is 1690. The van der Waals surface area contributed by atoms with E-state index in [4.69, 9.17) is 21.1 Å². The second-order valence-corrected chi connectivity index (χ2v) is 20.6. The first-order chi connectivity index (χ1) is 24.5. The molecule has 5 aliphatic rings. The number of benzene rings is 1. The van der Waals surface area contributed by atoms with E-state index in [0.29, 0.717) is 23.3 Å². The van der Waals surface area contributed by atoms with Gasteiger partial charge in [0, 0.05) is 30.3 Å². The molecule has 1 amide bonds. The molecule has 6 rings (SSSR count). The molecule has 0 spiro atoms. The third-order valence-electron chi connectivity index (χ3n) is 15.5. The van der Waals surface area contributed by atoms with Crippen LogP contribution in [0.25, 0.3) is 0 Å². The summed E-state index contributed by atoms with van der Waals surface area (Å²) in [5, 5.41) is 0.600. The Kier molecular flexibility index (Phi) is 10.2. The number of amides is 1. The molecule has 8 unspecified atom stereocenters. The fraction of sp³-hybridized carbons (Fsp3) is 0.733. The third kappa shape index (κ3) is 6.51. The number of hydrogen-bond donors (Lipinski definition) is 0. The maximum Gasteiger partial charge on any atom is 0.410 e. The van der Waals surface area contributed by atoms with Crippen LogP contribution in [-0.2, 0) is 30.4 Å². The number of ketones is 2. The van der Waals surface area contributed by atoms with Crippen molar-refractivity contribution in [2.24, 2.45) is 50.7 Å². The standard InChI is InChI=1S/C45H64ClNO6/c1-27(2)37-32(49)24-45(35(50)26-47(39(51)53-40(4,5)6)25-29-12-14-30(46)15-13-29)23-22-43(10)31(38(37)45)16-17-34-42(9)20-19-36(52-28(3)48)41(7,8)33(42)18-21-44(34,43)11/h12-15,27,31,33-34,36H,16-26H2,1-11H3. The van der Waals surface area contributed by atoms with Gasteiger partial charge in [0.05, 0.1) is 12.0 Å². The van der Waals surface area contributed by atoms with E-state index in [0.717, 1.165) is 61.7 Å². The lowest BCUT2D eigenvalue weighted by atomic mass is 9.33. The van der Waals surface area contributed by atoms with Crippen molar-refractivity contribution in [2.45, 2.75) is 152 Å². The molecule has 5 aliphatic carbocycles. The highest BCUT2D eigenvalue weighted by molar-refractivity contribution is 6.30. The molecule has 0 saturated heterocycles. The Labute approximate surface area is 323 Å². The predicted octanol–water partition coefficient (Wildman–Crippen LogP) is 10.6. The predicted molar refractivity (Wildman–Crippen MR) is 208 cm³/mol. The van der Waals surface area contributed by atoms with Crippen molar-refractivity contribution in [3.8, 4) is 0 Å². The monoisotopic (exact) mass is 749 g/mol. The fourth-order valence-corrected chi connectivity index (χ4v) is 13.1. The van der Waals surface area contributed by atoms with E-state index in [-0.39, 0.29) is 76.6 Å². The van der Waals surface area contributed by atoms with Crippen molar-refractivity contribution in [1.82, 2.24) is 4.90 Å². The number of rotatable bonds is 7. The lowest BCUT2D eigenvalue weighted by Crippen LogP contribution is -2.66. The van der Waals surface area contributed by atoms with E-state index < -0.39 is 17.1 Å². The number of esters is 1. The van der Waals surface area contributed by atoms with Gasteiger partial charge in [-0.05, 0) is 141 Å². The van der Waals surface area contributed by atoms with Gasteiger partial charge in [0.25, 0.3) is 0 Å². The van der Waals surface area contributed by atoms with Crippen molar-refractivity contribution in [3.63, 3.8) is 0 Å². The molecule has 8 atom stereocenters. The van der Waals surface area contributed by atoms with Crippen LogP contribution in [0, 0.1) is 50.7 Å². The molecule has 292 valence electrons. The third-order valence-corrected chi connectivity index (χ3v) is 15.7. The van der Waals surface area contributed by atoms with Crippen LogP contribution in [0.4, 0.5) is 4.79 Å². The summed E-state index contributed by atoms with van der Waals surface area (Å²) < 4.78 is 11.8. The average molecular weight is 750 g/mol. The van der Waals surface area contributed by atoms with Crippen LogP contribution in [0.2, 0.25) is 5.02 Å². The molecule has 7 nitrogen and oxygen atoms in total. The van der Waals surface area contributed by atoms with Crippen LogP contribution < -0.4 is 0 Å². The van der Waals surface area contributed by atoms with Crippen LogP contribution >= 0.6 is 11.6 Å². The Morgan fingerprint density at radius 3 is 2.15 bits per heavy atom. The number of Topliss-reactive ketones (excluding diaryl/α,β-unsaturated/α-hetero) is 2. The van der Waals surface area contributed by atoms with E-state index >= 15 is 4.79 Å². The summed E-state index contributed by atoms with van der Waals surface area (Å²) in [6.45, 7) is 23.5. The number of ether oxygens (including phenoxy) is 2. The van der Waals surface area contributed by atoms with Crippen LogP contribution in [0.15, 0.2) is 35.4 Å². The second kappa shape index (κ2) is 13.5. The zero-order valence-electron chi connectivity index (χ0n) is 34.2. The molecule has 0 heterocycles. The largest absolute Gasteiger partial charge is 0.462 e. The second-order valence-electron chi connectivity index (χ2n) is 20.1.